The molecule has 0 aliphatic heterocycles. The molecule has 3 nitrogen and oxygen atoms in total. The van der Waals surface area contributed by atoms with Crippen molar-refractivity contribution in [2.75, 3.05) is 13.7 Å². The zero-order valence-corrected chi connectivity index (χ0v) is 16.7. The Kier molecular flexibility index (Phi) is 8.03. The van der Waals surface area contributed by atoms with E-state index in [2.05, 4.69) is 47.8 Å². The molecule has 0 spiro atoms. The fourth-order valence-electron chi connectivity index (χ4n) is 3.91. The molecule has 1 aliphatic carbocycles. The van der Waals surface area contributed by atoms with Crippen molar-refractivity contribution in [2.24, 2.45) is 0 Å². The van der Waals surface area contributed by atoms with Crippen molar-refractivity contribution in [3.8, 4) is 11.5 Å². The lowest BCUT2D eigenvalue weighted by atomic mass is 9.96. The summed E-state index contributed by atoms with van der Waals surface area (Å²) in [6, 6.07) is 17.6. The van der Waals surface area contributed by atoms with Crippen LogP contribution in [0.1, 0.15) is 56.1 Å². The highest BCUT2D eigenvalue weighted by Crippen LogP contribution is 2.28. The Bertz CT molecular complexity index is 663. The van der Waals surface area contributed by atoms with E-state index in [9.17, 15) is 0 Å². The first-order chi connectivity index (χ1) is 13.3. The van der Waals surface area contributed by atoms with Crippen molar-refractivity contribution in [1.29, 1.82) is 0 Å². The molecule has 146 valence electrons. The maximum Gasteiger partial charge on any atom is 0.161 e. The number of hydrogen-bond acceptors (Lipinski definition) is 2. The first-order valence-electron chi connectivity index (χ1n) is 10.5. The van der Waals surface area contributed by atoms with Crippen LogP contribution in [0.15, 0.2) is 48.5 Å². The van der Waals surface area contributed by atoms with Gasteiger partial charge in [-0.15, -0.1) is 0 Å². The van der Waals surface area contributed by atoms with Gasteiger partial charge < -0.3 is 14.8 Å². The predicted molar refractivity (Wildman–Crippen MR) is 110 cm³/mol. The molecular weight excluding hydrogens is 334 g/mol. The van der Waals surface area contributed by atoms with E-state index in [1.165, 1.54) is 56.1 Å². The predicted octanol–water partition coefficient (Wildman–Crippen LogP) is 4.49. The van der Waals surface area contributed by atoms with E-state index in [0.717, 1.165) is 30.5 Å². The first-order valence-corrected chi connectivity index (χ1v) is 10.5. The van der Waals surface area contributed by atoms with Crippen LogP contribution in [-0.2, 0) is 13.0 Å². The summed E-state index contributed by atoms with van der Waals surface area (Å²) in [6.45, 7) is 1.68. The zero-order chi connectivity index (χ0) is 18.7. The van der Waals surface area contributed by atoms with Gasteiger partial charge in [-0.3, -0.25) is 0 Å². The van der Waals surface area contributed by atoms with Gasteiger partial charge in [-0.05, 0) is 49.4 Å². The number of hydrogen-bond donors (Lipinski definition) is 1. The van der Waals surface area contributed by atoms with Crippen LogP contribution >= 0.6 is 0 Å². The van der Waals surface area contributed by atoms with Crippen LogP contribution in [0.3, 0.4) is 0 Å². The summed E-state index contributed by atoms with van der Waals surface area (Å²) >= 11 is 0. The van der Waals surface area contributed by atoms with Gasteiger partial charge in [-0.1, -0.05) is 49.6 Å². The van der Waals surface area contributed by atoms with Crippen LogP contribution in [-0.4, -0.2) is 19.8 Å². The molecule has 0 atom stereocenters. The van der Waals surface area contributed by atoms with E-state index in [1.54, 1.807) is 7.11 Å². The molecule has 0 saturated heterocycles. The molecule has 3 heteroatoms. The van der Waals surface area contributed by atoms with Crippen molar-refractivity contribution >= 4 is 0 Å². The van der Waals surface area contributed by atoms with Crippen LogP contribution in [0.4, 0.5) is 0 Å². The zero-order valence-electron chi connectivity index (χ0n) is 16.7. The lowest BCUT2D eigenvalue weighted by Gasteiger charge is -2.18. The Morgan fingerprint density at radius 3 is 2.33 bits per heavy atom. The fraction of sp³-hybridized carbons (Fsp3) is 0.500. The summed E-state index contributed by atoms with van der Waals surface area (Å²) in [7, 11) is 1.72. The van der Waals surface area contributed by atoms with Gasteiger partial charge in [0.05, 0.1) is 19.8 Å². The number of benzene rings is 2. The third kappa shape index (κ3) is 6.59. The molecule has 0 radical (unpaired) electrons. The third-order valence-corrected chi connectivity index (χ3v) is 5.56. The summed E-state index contributed by atoms with van der Waals surface area (Å²) < 4.78 is 11.6. The van der Waals surface area contributed by atoms with Crippen molar-refractivity contribution in [3.05, 3.63) is 59.7 Å². The Hall–Kier alpha value is -2.00. The number of quaternary nitrogens is 1. The van der Waals surface area contributed by atoms with E-state index in [0.29, 0.717) is 6.61 Å². The Balaban J connectivity index is 1.50. The molecule has 0 heterocycles. The molecule has 0 bridgehead atoms. The Morgan fingerprint density at radius 2 is 1.59 bits per heavy atom. The first kappa shape index (κ1) is 19.8. The normalized spacial score (nSPS) is 15.7. The van der Waals surface area contributed by atoms with Gasteiger partial charge in [0.1, 0.15) is 6.54 Å². The van der Waals surface area contributed by atoms with Crippen molar-refractivity contribution in [3.63, 3.8) is 0 Å². The van der Waals surface area contributed by atoms with Crippen molar-refractivity contribution in [1.82, 2.24) is 0 Å². The molecule has 3 rings (SSSR count). The minimum atomic E-state index is 0.661. The monoisotopic (exact) mass is 368 g/mol. The summed E-state index contributed by atoms with van der Waals surface area (Å²) in [5.41, 5.74) is 2.60. The van der Waals surface area contributed by atoms with Crippen molar-refractivity contribution < 1.29 is 14.8 Å². The average Bonchev–Trinajstić information content (AvgIpc) is 2.68. The molecule has 1 fully saturated rings. The molecule has 2 aromatic carbocycles. The SMILES string of the molecule is COc1cc(C[NH2+]C2CCCCCCC2)ccc1OCCc1ccccc1. The third-order valence-electron chi connectivity index (χ3n) is 5.56. The highest BCUT2D eigenvalue weighted by molar-refractivity contribution is 5.42. The second-order valence-electron chi connectivity index (χ2n) is 7.61. The maximum absolute atomic E-state index is 5.98. The molecule has 1 aliphatic rings. The standard InChI is InChI=1S/C24H33NO2/c1-26-24-18-21(19-25-22-12-8-3-2-4-9-13-22)14-15-23(24)27-17-16-20-10-6-5-7-11-20/h5-7,10-11,14-15,18,22,25H,2-4,8-9,12-13,16-17,19H2,1H3/p+1. The van der Waals surface area contributed by atoms with E-state index in [-0.39, 0.29) is 0 Å². The molecule has 2 aromatic rings. The molecule has 0 aromatic heterocycles. The quantitative estimate of drug-likeness (QED) is 0.745. The summed E-state index contributed by atoms with van der Waals surface area (Å²) in [6.07, 6.45) is 10.6. The largest absolute Gasteiger partial charge is 0.493 e. The maximum atomic E-state index is 5.98. The van der Waals surface area contributed by atoms with Crippen LogP contribution in [0.2, 0.25) is 0 Å². The number of rotatable bonds is 8. The molecular formula is C24H34NO2+. The van der Waals surface area contributed by atoms with Crippen LogP contribution in [0, 0.1) is 0 Å². The molecule has 1 saturated carbocycles. The molecule has 2 N–H and O–H groups in total. The summed E-state index contributed by atoms with van der Waals surface area (Å²) in [5.74, 6) is 1.68. The Labute approximate surface area is 164 Å². The van der Waals surface area contributed by atoms with Gasteiger partial charge in [-0.25, -0.2) is 0 Å². The number of methoxy groups -OCH3 is 1. The van der Waals surface area contributed by atoms with E-state index >= 15 is 0 Å². The minimum absolute atomic E-state index is 0.661. The van der Waals surface area contributed by atoms with Crippen molar-refractivity contribution in [2.45, 2.75) is 64.0 Å². The van der Waals surface area contributed by atoms with E-state index < -0.39 is 0 Å². The average molecular weight is 369 g/mol. The van der Waals surface area contributed by atoms with Gasteiger partial charge in [0.15, 0.2) is 11.5 Å². The van der Waals surface area contributed by atoms with Gasteiger partial charge >= 0.3 is 0 Å². The molecule has 0 amide bonds. The molecule has 0 unspecified atom stereocenters. The Morgan fingerprint density at radius 1 is 0.852 bits per heavy atom. The second-order valence-corrected chi connectivity index (χ2v) is 7.61. The van der Waals surface area contributed by atoms with Gasteiger partial charge in [-0.2, -0.15) is 0 Å². The number of nitrogens with two attached hydrogens (primary N) is 1. The highest BCUT2D eigenvalue weighted by atomic mass is 16.5. The number of ether oxygens (including phenoxy) is 2. The summed E-state index contributed by atoms with van der Waals surface area (Å²) in [5, 5.41) is 2.52. The second kappa shape index (κ2) is 11.0. The smallest absolute Gasteiger partial charge is 0.161 e. The van der Waals surface area contributed by atoms with Gasteiger partial charge in [0.25, 0.3) is 0 Å². The minimum Gasteiger partial charge on any atom is -0.493 e. The highest BCUT2D eigenvalue weighted by Gasteiger charge is 2.14. The van der Waals surface area contributed by atoms with Crippen LogP contribution < -0.4 is 14.8 Å². The van der Waals surface area contributed by atoms with Crippen LogP contribution in [0.25, 0.3) is 0 Å². The van der Waals surface area contributed by atoms with Gasteiger partial charge in [0.2, 0.25) is 0 Å². The fourth-order valence-corrected chi connectivity index (χ4v) is 3.91. The van der Waals surface area contributed by atoms with Gasteiger partial charge in [0, 0.05) is 12.0 Å². The lowest BCUT2D eigenvalue weighted by molar-refractivity contribution is -0.706. The topological polar surface area (TPSA) is 35.1 Å². The van der Waals surface area contributed by atoms with E-state index in [1.807, 2.05) is 6.07 Å². The summed E-state index contributed by atoms with van der Waals surface area (Å²) in [4.78, 5) is 0. The lowest BCUT2D eigenvalue weighted by Crippen LogP contribution is -2.88. The van der Waals surface area contributed by atoms with Crippen LogP contribution in [0.5, 0.6) is 11.5 Å². The van der Waals surface area contributed by atoms with E-state index in [4.69, 9.17) is 9.47 Å². The molecule has 27 heavy (non-hydrogen) atoms.